The smallest absolute Gasteiger partial charge is 0.145 e. The highest BCUT2D eigenvalue weighted by Crippen LogP contribution is 2.19. The molecule has 0 spiro atoms. The molecule has 3 rings (SSSR count). The Morgan fingerprint density at radius 3 is 2.83 bits per heavy atom. The summed E-state index contributed by atoms with van der Waals surface area (Å²) in [4.78, 5) is 5.43. The third kappa shape index (κ3) is 3.74. The molecule has 23 heavy (non-hydrogen) atoms. The maximum absolute atomic E-state index is 13.5. The molecule has 0 unspecified atom stereocenters. The predicted octanol–water partition coefficient (Wildman–Crippen LogP) is 3.56. The van der Waals surface area contributed by atoms with Crippen LogP contribution in [0.2, 0.25) is 0 Å². The Morgan fingerprint density at radius 2 is 2.04 bits per heavy atom. The highest BCUT2D eigenvalue weighted by Gasteiger charge is 2.22. The van der Waals surface area contributed by atoms with E-state index in [0.717, 1.165) is 22.9 Å². The summed E-state index contributed by atoms with van der Waals surface area (Å²) in [6.07, 6.45) is 0.636. The number of aryl methyl sites for hydroxylation is 1. The lowest BCUT2D eigenvalue weighted by Gasteiger charge is -2.10. The Morgan fingerprint density at radius 1 is 1.22 bits per heavy atom. The molecule has 0 radical (unpaired) electrons. The van der Waals surface area contributed by atoms with E-state index in [1.54, 1.807) is 0 Å². The van der Waals surface area contributed by atoms with Crippen molar-refractivity contribution in [3.63, 3.8) is 0 Å². The van der Waals surface area contributed by atoms with E-state index in [0.29, 0.717) is 25.1 Å². The molecule has 0 bridgehead atoms. The summed E-state index contributed by atoms with van der Waals surface area (Å²) in [6.45, 7) is 2.92. The van der Waals surface area contributed by atoms with Crippen LogP contribution in [0, 0.1) is 18.6 Å². The van der Waals surface area contributed by atoms with Crippen LogP contribution in [-0.4, -0.2) is 18.4 Å². The van der Waals surface area contributed by atoms with E-state index in [4.69, 9.17) is 4.84 Å². The zero-order valence-corrected chi connectivity index (χ0v) is 12.9. The summed E-state index contributed by atoms with van der Waals surface area (Å²) in [7, 11) is 0. The first-order valence-electron chi connectivity index (χ1n) is 7.57. The zero-order valence-electron chi connectivity index (χ0n) is 12.9. The second-order valence-electron chi connectivity index (χ2n) is 5.65. The van der Waals surface area contributed by atoms with Crippen molar-refractivity contribution in [2.45, 2.75) is 26.0 Å². The van der Waals surface area contributed by atoms with Crippen LogP contribution >= 0.6 is 0 Å². The summed E-state index contributed by atoms with van der Waals surface area (Å²) in [5.41, 5.74) is 3.63. The molecule has 0 aromatic heterocycles. The van der Waals surface area contributed by atoms with Crippen LogP contribution in [-0.2, 0) is 11.4 Å². The zero-order chi connectivity index (χ0) is 16.2. The lowest BCUT2D eigenvalue weighted by Crippen LogP contribution is -2.27. The Balaban J connectivity index is 1.51. The molecule has 1 aliphatic heterocycles. The molecule has 5 heteroatoms. The Hall–Kier alpha value is -2.27. The number of rotatable bonds is 5. The van der Waals surface area contributed by atoms with E-state index in [1.165, 1.54) is 12.1 Å². The van der Waals surface area contributed by atoms with Gasteiger partial charge in [-0.3, -0.25) is 0 Å². The molecule has 1 N–H and O–H groups in total. The number of benzene rings is 2. The molecule has 120 valence electrons. The van der Waals surface area contributed by atoms with Crippen molar-refractivity contribution in [2.75, 3.05) is 6.54 Å². The van der Waals surface area contributed by atoms with Gasteiger partial charge < -0.3 is 10.2 Å². The number of nitrogens with one attached hydrogen (secondary N) is 1. The summed E-state index contributed by atoms with van der Waals surface area (Å²) in [5.74, 6) is -1.11. The summed E-state index contributed by atoms with van der Waals surface area (Å²) < 4.78 is 26.4. The maximum atomic E-state index is 13.5. The predicted molar refractivity (Wildman–Crippen MR) is 85.3 cm³/mol. The van der Waals surface area contributed by atoms with Crippen molar-refractivity contribution in [1.29, 1.82) is 0 Å². The Labute approximate surface area is 134 Å². The molecule has 1 heterocycles. The van der Waals surface area contributed by atoms with Gasteiger partial charge in [-0.05, 0) is 18.6 Å². The normalized spacial score (nSPS) is 17.0. The third-order valence-electron chi connectivity index (χ3n) is 3.89. The molecule has 1 aliphatic rings. The van der Waals surface area contributed by atoms with E-state index < -0.39 is 11.6 Å². The standard InChI is InChI=1S/C18H18F2N2O/c1-12-4-2-3-5-16(12)18-9-15(23-22-18)11-21-10-13-6-7-14(19)8-17(13)20/h2-8,15,21H,9-11H2,1H3/t15-/m0/s1. The fraction of sp³-hybridized carbons (Fsp3) is 0.278. The first-order chi connectivity index (χ1) is 11.1. The lowest BCUT2D eigenvalue weighted by atomic mass is 10.0. The van der Waals surface area contributed by atoms with Gasteiger partial charge >= 0.3 is 0 Å². The van der Waals surface area contributed by atoms with Crippen molar-refractivity contribution in [2.24, 2.45) is 5.16 Å². The lowest BCUT2D eigenvalue weighted by molar-refractivity contribution is 0.0848. The number of hydrogen-bond acceptors (Lipinski definition) is 3. The average Bonchev–Trinajstić information content (AvgIpc) is 2.98. The van der Waals surface area contributed by atoms with E-state index in [9.17, 15) is 8.78 Å². The number of oxime groups is 1. The summed E-state index contributed by atoms with van der Waals surface area (Å²) in [5, 5.41) is 7.29. The molecular formula is C18H18F2N2O. The first-order valence-corrected chi connectivity index (χ1v) is 7.57. The largest absolute Gasteiger partial charge is 0.390 e. The summed E-state index contributed by atoms with van der Waals surface area (Å²) >= 11 is 0. The van der Waals surface area contributed by atoms with E-state index in [-0.39, 0.29) is 6.10 Å². The molecule has 1 atom stereocenters. The Bertz CT molecular complexity index is 731. The van der Waals surface area contributed by atoms with Gasteiger partial charge in [0.05, 0.1) is 5.71 Å². The number of nitrogens with zero attached hydrogens (tertiary/aromatic N) is 1. The van der Waals surface area contributed by atoms with Gasteiger partial charge in [0.15, 0.2) is 0 Å². The molecule has 0 saturated carbocycles. The first kappa shape index (κ1) is 15.6. The highest BCUT2D eigenvalue weighted by atomic mass is 19.1. The van der Waals surface area contributed by atoms with E-state index in [1.807, 2.05) is 31.2 Å². The highest BCUT2D eigenvalue weighted by molar-refractivity contribution is 6.02. The van der Waals surface area contributed by atoms with Gasteiger partial charge in [-0.1, -0.05) is 35.5 Å². The van der Waals surface area contributed by atoms with Gasteiger partial charge in [-0.15, -0.1) is 0 Å². The van der Waals surface area contributed by atoms with Gasteiger partial charge in [-0.25, -0.2) is 8.78 Å². The average molecular weight is 316 g/mol. The molecule has 2 aromatic carbocycles. The second-order valence-corrected chi connectivity index (χ2v) is 5.65. The molecule has 0 fully saturated rings. The van der Waals surface area contributed by atoms with Gasteiger partial charge in [-0.2, -0.15) is 0 Å². The van der Waals surface area contributed by atoms with Crippen LogP contribution in [0.4, 0.5) is 8.78 Å². The minimum Gasteiger partial charge on any atom is -0.390 e. The minimum atomic E-state index is -0.568. The molecule has 2 aromatic rings. The van der Waals surface area contributed by atoms with Gasteiger partial charge in [0.25, 0.3) is 0 Å². The van der Waals surface area contributed by atoms with Crippen LogP contribution in [0.3, 0.4) is 0 Å². The molecule has 0 aliphatic carbocycles. The molecule has 0 saturated heterocycles. The topological polar surface area (TPSA) is 33.6 Å². The van der Waals surface area contributed by atoms with Gasteiger partial charge in [0.2, 0.25) is 0 Å². The molecular weight excluding hydrogens is 298 g/mol. The van der Waals surface area contributed by atoms with Crippen molar-refractivity contribution in [3.8, 4) is 0 Å². The minimum absolute atomic E-state index is 0.0758. The summed E-state index contributed by atoms with van der Waals surface area (Å²) in [6, 6.07) is 11.6. The Kier molecular flexibility index (Phi) is 4.67. The van der Waals surface area contributed by atoms with Crippen molar-refractivity contribution in [1.82, 2.24) is 5.32 Å². The monoisotopic (exact) mass is 316 g/mol. The van der Waals surface area contributed by atoms with Crippen LogP contribution in [0.25, 0.3) is 0 Å². The molecule has 0 amide bonds. The number of hydrogen-bond donors (Lipinski definition) is 1. The van der Waals surface area contributed by atoms with Crippen molar-refractivity contribution < 1.29 is 13.6 Å². The van der Waals surface area contributed by atoms with Crippen LogP contribution in [0.5, 0.6) is 0 Å². The maximum Gasteiger partial charge on any atom is 0.145 e. The molecule has 3 nitrogen and oxygen atoms in total. The fourth-order valence-corrected chi connectivity index (χ4v) is 2.63. The van der Waals surface area contributed by atoms with Crippen molar-refractivity contribution in [3.05, 3.63) is 70.8 Å². The van der Waals surface area contributed by atoms with Gasteiger partial charge in [0, 0.05) is 36.7 Å². The SMILES string of the molecule is Cc1ccccc1C1=NO[C@H](CNCc2ccc(F)cc2F)C1. The van der Waals surface area contributed by atoms with E-state index in [2.05, 4.69) is 10.5 Å². The second kappa shape index (κ2) is 6.87. The number of halogens is 2. The van der Waals surface area contributed by atoms with Crippen LogP contribution in [0.15, 0.2) is 47.6 Å². The van der Waals surface area contributed by atoms with Crippen LogP contribution < -0.4 is 5.32 Å². The van der Waals surface area contributed by atoms with Crippen LogP contribution in [0.1, 0.15) is 23.1 Å². The van der Waals surface area contributed by atoms with Gasteiger partial charge in [0.1, 0.15) is 17.7 Å². The quantitative estimate of drug-likeness (QED) is 0.915. The van der Waals surface area contributed by atoms with E-state index >= 15 is 0 Å². The third-order valence-corrected chi connectivity index (χ3v) is 3.89. The fourth-order valence-electron chi connectivity index (χ4n) is 2.63. The van der Waals surface area contributed by atoms with Crippen molar-refractivity contribution >= 4 is 5.71 Å².